The zero-order chi connectivity index (χ0) is 36.9. The topological polar surface area (TPSA) is 147 Å². The highest BCUT2D eigenvalue weighted by molar-refractivity contribution is 7.15. The number of aliphatic hydroxyl groups excluding tert-OH is 1. The number of hydrogen-bond acceptors (Lipinski definition) is 10. The van der Waals surface area contributed by atoms with Crippen LogP contribution in [0.3, 0.4) is 0 Å². The van der Waals surface area contributed by atoms with Crippen molar-refractivity contribution in [3.8, 4) is 39.2 Å². The van der Waals surface area contributed by atoms with Gasteiger partial charge in [-0.1, -0.05) is 30.3 Å². The summed E-state index contributed by atoms with van der Waals surface area (Å²) < 4.78 is 6.28. The first-order valence-electron chi connectivity index (χ1n) is 17.5. The number of benzene rings is 3. The molecule has 7 rings (SSSR count). The number of likely N-dealkylation sites (tertiary alicyclic amines) is 1. The van der Waals surface area contributed by atoms with Crippen LogP contribution in [0.2, 0.25) is 0 Å². The van der Waals surface area contributed by atoms with Crippen LogP contribution < -0.4 is 0 Å². The molecule has 4 heterocycles. The summed E-state index contributed by atoms with van der Waals surface area (Å²) in [7, 11) is 1.85. The van der Waals surface area contributed by atoms with Crippen LogP contribution in [0.4, 0.5) is 0 Å². The lowest BCUT2D eigenvalue weighted by Crippen LogP contribution is -2.41. The zero-order valence-corrected chi connectivity index (χ0v) is 30.9. The second kappa shape index (κ2) is 13.9. The van der Waals surface area contributed by atoms with E-state index in [-0.39, 0.29) is 25.1 Å². The molecule has 0 saturated carbocycles. The Balaban J connectivity index is 1.13. The van der Waals surface area contributed by atoms with Gasteiger partial charge in [0.2, 0.25) is 11.8 Å². The van der Waals surface area contributed by atoms with Gasteiger partial charge in [0.15, 0.2) is 5.58 Å². The van der Waals surface area contributed by atoms with Gasteiger partial charge in [0.05, 0.1) is 42.9 Å². The van der Waals surface area contributed by atoms with Crippen LogP contribution in [0.1, 0.15) is 53.1 Å². The van der Waals surface area contributed by atoms with Crippen molar-refractivity contribution in [2.75, 3.05) is 33.3 Å². The molecule has 1 amide bonds. The lowest BCUT2D eigenvalue weighted by atomic mass is 9.90. The predicted molar refractivity (Wildman–Crippen MR) is 199 cm³/mol. The van der Waals surface area contributed by atoms with Gasteiger partial charge in [-0.05, 0) is 93.7 Å². The van der Waals surface area contributed by atoms with Crippen molar-refractivity contribution in [1.29, 1.82) is 5.26 Å². The van der Waals surface area contributed by atoms with Crippen molar-refractivity contribution in [3.63, 3.8) is 0 Å². The van der Waals surface area contributed by atoms with E-state index in [0.29, 0.717) is 61.7 Å². The van der Waals surface area contributed by atoms with Gasteiger partial charge in [-0.3, -0.25) is 19.4 Å². The number of rotatable bonds is 10. The Morgan fingerprint density at radius 2 is 1.77 bits per heavy atom. The smallest absolute Gasteiger partial charge is 0.310 e. The van der Waals surface area contributed by atoms with Crippen LogP contribution in [0.25, 0.3) is 44.3 Å². The molecule has 2 aliphatic heterocycles. The minimum atomic E-state index is -0.786. The molecule has 12 heteroatoms. The number of carboxylic acids is 1. The fourth-order valence-corrected chi connectivity index (χ4v) is 8.43. The Labute approximate surface area is 306 Å². The van der Waals surface area contributed by atoms with E-state index in [0.717, 1.165) is 54.5 Å². The summed E-state index contributed by atoms with van der Waals surface area (Å²) in [5.74, 6) is -0.325. The third-order valence-corrected chi connectivity index (χ3v) is 11.9. The summed E-state index contributed by atoms with van der Waals surface area (Å²) in [6, 6.07) is 18.2. The number of fused-ring (bicyclic) bond motifs is 2. The van der Waals surface area contributed by atoms with E-state index in [9.17, 15) is 25.1 Å². The number of amides is 1. The van der Waals surface area contributed by atoms with Crippen molar-refractivity contribution >= 4 is 34.3 Å². The maximum Gasteiger partial charge on any atom is 0.310 e. The number of aliphatic hydroxyl groups is 1. The molecule has 0 unspecified atom stereocenters. The van der Waals surface area contributed by atoms with Crippen LogP contribution in [-0.2, 0) is 29.2 Å². The molecule has 2 atom stereocenters. The van der Waals surface area contributed by atoms with E-state index in [4.69, 9.17) is 14.4 Å². The summed E-state index contributed by atoms with van der Waals surface area (Å²) in [5, 5.41) is 30.0. The van der Waals surface area contributed by atoms with Gasteiger partial charge in [-0.25, -0.2) is 9.97 Å². The number of thiazole rings is 1. The van der Waals surface area contributed by atoms with Crippen LogP contribution in [0, 0.1) is 30.6 Å². The van der Waals surface area contributed by atoms with Gasteiger partial charge in [-0.15, -0.1) is 11.3 Å². The Kier molecular flexibility index (Phi) is 9.48. The second-order valence-electron chi connectivity index (χ2n) is 14.5. The van der Waals surface area contributed by atoms with Gasteiger partial charge in [-0.2, -0.15) is 5.26 Å². The molecule has 0 aliphatic carbocycles. The number of nitriles is 1. The van der Waals surface area contributed by atoms with Crippen molar-refractivity contribution in [3.05, 3.63) is 81.4 Å². The number of aliphatic carboxylic acids is 1. The number of carboxylic acid groups (broad SMARTS) is 1. The molecule has 2 aromatic heterocycles. The molecular formula is C40H42N6O5S. The highest BCUT2D eigenvalue weighted by Gasteiger charge is 2.40. The fraction of sp³-hybridized carbons (Fsp3) is 0.375. The largest absolute Gasteiger partial charge is 0.481 e. The molecule has 11 nitrogen and oxygen atoms in total. The molecule has 5 aromatic rings. The van der Waals surface area contributed by atoms with Crippen LogP contribution in [0.15, 0.2) is 52.9 Å². The van der Waals surface area contributed by atoms with Gasteiger partial charge in [0, 0.05) is 35.1 Å². The van der Waals surface area contributed by atoms with Crippen molar-refractivity contribution in [2.24, 2.45) is 5.41 Å². The Bertz CT molecular complexity index is 2230. The molecule has 268 valence electrons. The highest BCUT2D eigenvalue weighted by atomic mass is 32.1. The molecule has 1 fully saturated rings. The van der Waals surface area contributed by atoms with Gasteiger partial charge in [0.25, 0.3) is 0 Å². The number of carbonyl (C=O) groups excluding carboxylic acids is 1. The fourth-order valence-electron chi connectivity index (χ4n) is 7.26. The maximum absolute atomic E-state index is 13.0. The quantitative estimate of drug-likeness (QED) is 0.171. The Morgan fingerprint density at radius 1 is 1.08 bits per heavy atom. The number of hydrogen-bond donors (Lipinski definition) is 2. The molecule has 0 bridgehead atoms. The number of likely N-dealkylation sites (N-methyl/N-ethyl adjacent to an activating group) is 1. The lowest BCUT2D eigenvalue weighted by molar-refractivity contribution is -0.147. The molecule has 1 saturated heterocycles. The lowest BCUT2D eigenvalue weighted by Gasteiger charge is -2.25. The number of aromatic nitrogens is 2. The minimum Gasteiger partial charge on any atom is -0.481 e. The van der Waals surface area contributed by atoms with E-state index in [1.165, 1.54) is 0 Å². The average Bonchev–Trinajstić information content (AvgIpc) is 3.91. The van der Waals surface area contributed by atoms with Crippen molar-refractivity contribution < 1.29 is 24.2 Å². The van der Waals surface area contributed by atoms with Gasteiger partial charge >= 0.3 is 5.97 Å². The van der Waals surface area contributed by atoms with Crippen LogP contribution >= 0.6 is 11.3 Å². The zero-order valence-electron chi connectivity index (χ0n) is 30.1. The molecule has 2 N–H and O–H groups in total. The molecule has 3 aromatic carbocycles. The minimum absolute atomic E-state index is 0.00361. The summed E-state index contributed by atoms with van der Waals surface area (Å²) >= 11 is 1.63. The van der Waals surface area contributed by atoms with Crippen LogP contribution in [0.5, 0.6) is 0 Å². The van der Waals surface area contributed by atoms with Gasteiger partial charge in [0.1, 0.15) is 16.6 Å². The van der Waals surface area contributed by atoms with E-state index in [1.807, 2.05) is 54.1 Å². The maximum atomic E-state index is 13.0. The Hall–Kier alpha value is -4.93. The SMILES string of the molecule is Cc1c(-c2nc3cc(CN4CC[C@@](C)(C(=O)O)C4)cc(C#N)c3o2)cccc1-c1cccc(-c2nc3c(s2)CN(C(=O)CN(C)[C@H](C)CO)C3)c1C. The first-order chi connectivity index (χ1) is 24.9. The average molecular weight is 719 g/mol. The second-order valence-corrected chi connectivity index (χ2v) is 15.6. The molecule has 2 aliphatic rings. The summed E-state index contributed by atoms with van der Waals surface area (Å²) in [5.41, 5.74) is 8.56. The van der Waals surface area contributed by atoms with E-state index in [2.05, 4.69) is 43.0 Å². The molecule has 0 radical (unpaired) electrons. The third kappa shape index (κ3) is 6.50. The third-order valence-electron chi connectivity index (χ3n) is 10.8. The van der Waals surface area contributed by atoms with Crippen LogP contribution in [-0.4, -0.2) is 86.1 Å². The predicted octanol–water partition coefficient (Wildman–Crippen LogP) is 6.23. The first-order valence-corrected chi connectivity index (χ1v) is 18.3. The normalized spacial score (nSPS) is 17.9. The summed E-state index contributed by atoms with van der Waals surface area (Å²) in [6.07, 6.45) is 0.583. The number of nitrogens with zero attached hydrogens (tertiary/aromatic N) is 6. The van der Waals surface area contributed by atoms with E-state index in [1.54, 1.807) is 18.3 Å². The van der Waals surface area contributed by atoms with Crippen molar-refractivity contribution in [1.82, 2.24) is 24.7 Å². The first kappa shape index (κ1) is 35.5. The molecular weight excluding hydrogens is 677 g/mol. The molecule has 0 spiro atoms. The van der Waals surface area contributed by atoms with E-state index >= 15 is 0 Å². The summed E-state index contributed by atoms with van der Waals surface area (Å²) in [4.78, 5) is 41.5. The molecule has 52 heavy (non-hydrogen) atoms. The Morgan fingerprint density at radius 3 is 2.42 bits per heavy atom. The summed E-state index contributed by atoms with van der Waals surface area (Å²) in [6.45, 7) is 10.8. The monoisotopic (exact) mass is 718 g/mol. The standard InChI is InChI=1S/C40H42N6O5S/c1-23(21-47)44(5)20-35(48)46-18-33-34(19-46)52-38(43-33)31-11-7-9-29(25(31)3)28-8-6-10-30(24(28)2)37-42-32-15-26(14-27(16-41)36(32)51-37)17-45-13-12-40(4,22-45)39(49)50/h6-11,14-15,23,47H,12-13,17-22H2,1-5H3,(H,49,50)/t23-,40-/m1/s1. The highest BCUT2D eigenvalue weighted by Crippen LogP contribution is 2.40. The van der Waals surface area contributed by atoms with E-state index < -0.39 is 11.4 Å². The van der Waals surface area contributed by atoms with Gasteiger partial charge < -0.3 is 19.5 Å². The number of carbonyl (C=O) groups is 2. The van der Waals surface area contributed by atoms with Crippen molar-refractivity contribution in [2.45, 2.75) is 59.8 Å². The number of oxazole rings is 1.